The molecule has 0 saturated carbocycles. The van der Waals surface area contributed by atoms with Crippen LogP contribution in [0, 0.1) is 20.8 Å². The molecule has 1 aromatic heterocycles. The van der Waals surface area contributed by atoms with Gasteiger partial charge in [0.15, 0.2) is 6.10 Å². The van der Waals surface area contributed by atoms with Crippen molar-refractivity contribution in [1.82, 2.24) is 4.98 Å². The van der Waals surface area contributed by atoms with Crippen LogP contribution in [0.3, 0.4) is 0 Å². The summed E-state index contributed by atoms with van der Waals surface area (Å²) in [6, 6.07) is 7.65. The van der Waals surface area contributed by atoms with Crippen LogP contribution in [0.15, 0.2) is 30.3 Å². The van der Waals surface area contributed by atoms with Gasteiger partial charge in [0.25, 0.3) is 0 Å². The third kappa shape index (κ3) is 4.97. The van der Waals surface area contributed by atoms with Crippen molar-refractivity contribution >= 4 is 23.8 Å². The van der Waals surface area contributed by atoms with Crippen LogP contribution in [0.2, 0.25) is 0 Å². The molecule has 6 heteroatoms. The number of carbonyl (C=O) groups is 3. The van der Waals surface area contributed by atoms with E-state index in [1.807, 2.05) is 31.2 Å². The summed E-state index contributed by atoms with van der Waals surface area (Å²) in [6.07, 6.45) is 1.91. The summed E-state index contributed by atoms with van der Waals surface area (Å²) in [5.74, 6) is -1.51. The Morgan fingerprint density at radius 3 is 2.36 bits per heavy atom. The first-order chi connectivity index (χ1) is 13.2. The number of rotatable bonds is 7. The van der Waals surface area contributed by atoms with Gasteiger partial charge >= 0.3 is 11.9 Å². The van der Waals surface area contributed by atoms with Crippen LogP contribution in [0.1, 0.15) is 57.1 Å². The van der Waals surface area contributed by atoms with Gasteiger partial charge in [-0.15, -0.1) is 0 Å². The lowest BCUT2D eigenvalue weighted by molar-refractivity contribution is -0.140. The smallest absolute Gasteiger partial charge is 0.340 e. The zero-order valence-electron chi connectivity index (χ0n) is 16.8. The van der Waals surface area contributed by atoms with E-state index < -0.39 is 23.8 Å². The van der Waals surface area contributed by atoms with Crippen molar-refractivity contribution in [3.63, 3.8) is 0 Å². The molecule has 0 aliphatic rings. The van der Waals surface area contributed by atoms with E-state index in [0.717, 1.165) is 11.1 Å². The number of ketones is 1. The zero-order chi connectivity index (χ0) is 20.8. The van der Waals surface area contributed by atoms with Gasteiger partial charge in [-0.3, -0.25) is 4.79 Å². The topological polar surface area (TPSA) is 85.5 Å². The highest BCUT2D eigenvalue weighted by Gasteiger charge is 2.27. The molecule has 0 bridgehead atoms. The largest absolute Gasteiger partial charge is 0.462 e. The number of hydrogen-bond acceptors (Lipinski definition) is 5. The first-order valence-electron chi connectivity index (χ1n) is 9.10. The normalized spacial score (nSPS) is 12.0. The average molecular weight is 383 g/mol. The lowest BCUT2D eigenvalue weighted by Crippen LogP contribution is -2.24. The van der Waals surface area contributed by atoms with E-state index in [0.29, 0.717) is 16.8 Å². The Morgan fingerprint density at radius 2 is 1.75 bits per heavy atom. The number of nitrogens with one attached hydrogen (secondary N) is 1. The molecule has 1 atom stereocenters. The van der Waals surface area contributed by atoms with E-state index in [-0.39, 0.29) is 12.3 Å². The van der Waals surface area contributed by atoms with Gasteiger partial charge in [-0.05, 0) is 51.8 Å². The van der Waals surface area contributed by atoms with Crippen LogP contribution in [-0.4, -0.2) is 35.4 Å². The molecule has 0 fully saturated rings. The van der Waals surface area contributed by atoms with Crippen molar-refractivity contribution in [2.24, 2.45) is 0 Å². The molecular formula is C22H25NO5. The Kier molecular flexibility index (Phi) is 6.93. The third-order valence-corrected chi connectivity index (χ3v) is 4.31. The minimum atomic E-state index is -0.998. The number of aromatic amines is 1. The number of hydrogen-bond donors (Lipinski definition) is 1. The quantitative estimate of drug-likeness (QED) is 0.445. The van der Waals surface area contributed by atoms with Crippen molar-refractivity contribution < 1.29 is 23.9 Å². The highest BCUT2D eigenvalue weighted by atomic mass is 16.5. The molecule has 2 aromatic rings. The summed E-state index contributed by atoms with van der Waals surface area (Å²) < 4.78 is 10.2. The second-order valence-electron chi connectivity index (χ2n) is 6.53. The molecule has 148 valence electrons. The molecule has 0 aliphatic heterocycles. The molecule has 1 N–H and O–H groups in total. The Balaban J connectivity index is 2.08. The van der Waals surface area contributed by atoms with Crippen LogP contribution >= 0.6 is 0 Å². The van der Waals surface area contributed by atoms with Crippen LogP contribution in [0.25, 0.3) is 6.08 Å². The van der Waals surface area contributed by atoms with Gasteiger partial charge in [0.05, 0.1) is 17.9 Å². The predicted octanol–water partition coefficient (Wildman–Crippen LogP) is 3.94. The number of benzene rings is 1. The Morgan fingerprint density at radius 1 is 1.11 bits per heavy atom. The van der Waals surface area contributed by atoms with Crippen molar-refractivity contribution in [2.45, 2.75) is 40.7 Å². The fourth-order valence-corrected chi connectivity index (χ4v) is 2.82. The molecule has 0 spiro atoms. The van der Waals surface area contributed by atoms with Gasteiger partial charge in [0, 0.05) is 11.8 Å². The van der Waals surface area contributed by atoms with E-state index in [2.05, 4.69) is 4.98 Å². The van der Waals surface area contributed by atoms with Crippen molar-refractivity contribution in [3.8, 4) is 0 Å². The second kappa shape index (κ2) is 9.17. The number of aryl methyl sites for hydroxylation is 2. The number of aromatic nitrogens is 1. The fourth-order valence-electron chi connectivity index (χ4n) is 2.82. The van der Waals surface area contributed by atoms with E-state index in [1.165, 1.54) is 13.0 Å². The molecule has 2 rings (SSSR count). The van der Waals surface area contributed by atoms with E-state index in [1.54, 1.807) is 26.8 Å². The maximum Gasteiger partial charge on any atom is 0.340 e. The van der Waals surface area contributed by atoms with E-state index >= 15 is 0 Å². The standard InChI is InChI=1S/C22H25NO5/c1-6-27-22(26)19-14(3)20(23-15(19)4)21(25)16(5)28-18(24)12-11-17-9-7-13(2)8-10-17/h7-12,16,23H,6H2,1-5H3/b12-11+/t16-/m1/s1. The number of esters is 2. The zero-order valence-corrected chi connectivity index (χ0v) is 16.8. The Labute approximate surface area is 164 Å². The van der Waals surface area contributed by atoms with Crippen molar-refractivity contribution in [3.05, 3.63) is 64.0 Å². The monoisotopic (exact) mass is 383 g/mol. The van der Waals surface area contributed by atoms with Gasteiger partial charge in [-0.1, -0.05) is 29.8 Å². The second-order valence-corrected chi connectivity index (χ2v) is 6.53. The summed E-state index contributed by atoms with van der Waals surface area (Å²) >= 11 is 0. The molecule has 6 nitrogen and oxygen atoms in total. The number of H-pyrrole nitrogens is 1. The molecule has 0 saturated heterocycles. The van der Waals surface area contributed by atoms with Crippen LogP contribution in [0.4, 0.5) is 0 Å². The molecule has 0 unspecified atom stereocenters. The molecule has 0 radical (unpaired) electrons. The SMILES string of the molecule is CCOC(=O)c1c(C)[nH]c(C(=O)[C@@H](C)OC(=O)/C=C/c2ccc(C)cc2)c1C. The Hall–Kier alpha value is -3.15. The fraction of sp³-hybridized carbons (Fsp3) is 0.318. The maximum atomic E-state index is 12.7. The number of Topliss-reactive ketones (excluding diaryl/α,β-unsaturated/α-hetero) is 1. The highest BCUT2D eigenvalue weighted by molar-refractivity contribution is 6.04. The molecule has 0 amide bonds. The van der Waals surface area contributed by atoms with E-state index in [9.17, 15) is 14.4 Å². The maximum absolute atomic E-state index is 12.7. The predicted molar refractivity (Wildman–Crippen MR) is 106 cm³/mol. The molecule has 1 heterocycles. The van der Waals surface area contributed by atoms with Crippen LogP contribution in [-0.2, 0) is 14.3 Å². The summed E-state index contributed by atoms with van der Waals surface area (Å²) in [6.45, 7) is 8.79. The molecule has 28 heavy (non-hydrogen) atoms. The minimum Gasteiger partial charge on any atom is -0.462 e. The van der Waals surface area contributed by atoms with Gasteiger partial charge in [-0.2, -0.15) is 0 Å². The summed E-state index contributed by atoms with van der Waals surface area (Å²) in [7, 11) is 0. The van der Waals surface area contributed by atoms with Crippen molar-refractivity contribution in [2.75, 3.05) is 6.61 Å². The van der Waals surface area contributed by atoms with Gasteiger partial charge in [0.1, 0.15) is 0 Å². The van der Waals surface area contributed by atoms with Gasteiger partial charge < -0.3 is 14.5 Å². The lowest BCUT2D eigenvalue weighted by atomic mass is 10.1. The Bertz CT molecular complexity index is 906. The van der Waals surface area contributed by atoms with Crippen molar-refractivity contribution in [1.29, 1.82) is 0 Å². The summed E-state index contributed by atoms with van der Waals surface area (Å²) in [4.78, 5) is 39.7. The average Bonchev–Trinajstić information content (AvgIpc) is 2.95. The number of carbonyl (C=O) groups excluding carboxylic acids is 3. The highest BCUT2D eigenvalue weighted by Crippen LogP contribution is 2.21. The van der Waals surface area contributed by atoms with Gasteiger partial charge in [0.2, 0.25) is 5.78 Å². The first kappa shape index (κ1) is 21.2. The van der Waals surface area contributed by atoms with Gasteiger partial charge in [-0.25, -0.2) is 9.59 Å². The lowest BCUT2D eigenvalue weighted by Gasteiger charge is -2.10. The molecule has 1 aromatic carbocycles. The van der Waals surface area contributed by atoms with E-state index in [4.69, 9.17) is 9.47 Å². The summed E-state index contributed by atoms with van der Waals surface area (Å²) in [5.41, 5.74) is 3.58. The van der Waals surface area contributed by atoms with Crippen LogP contribution < -0.4 is 0 Å². The first-order valence-corrected chi connectivity index (χ1v) is 9.10. The molecular weight excluding hydrogens is 358 g/mol. The number of ether oxygens (including phenoxy) is 2. The van der Waals surface area contributed by atoms with Crippen LogP contribution in [0.5, 0.6) is 0 Å². The minimum absolute atomic E-state index is 0.239. The third-order valence-electron chi connectivity index (χ3n) is 4.31. The summed E-state index contributed by atoms with van der Waals surface area (Å²) in [5, 5.41) is 0. The molecule has 0 aliphatic carbocycles.